The minimum absolute atomic E-state index is 0.233. The second kappa shape index (κ2) is 8.89. The maximum absolute atomic E-state index is 12.9. The highest BCUT2D eigenvalue weighted by Gasteiger charge is 2.07. The highest BCUT2D eigenvalue weighted by Crippen LogP contribution is 2.09. The van der Waals surface area contributed by atoms with Crippen LogP contribution in [0.15, 0.2) is 66.9 Å². The van der Waals surface area contributed by atoms with Gasteiger partial charge < -0.3 is 10.6 Å². The molecule has 1 amide bonds. The molecule has 2 N–H and O–H groups in total. The standard InChI is InChI=1S/C21H19F2N3O/c22-18-5-1-15(2-6-18)9-11-24-20-13-17(10-12-25-20)21(27)26-14-16-3-7-19(23)8-4-16/h1-8,10,12-13H,9,11,14H2,(H,24,25)(H,26,27). The summed E-state index contributed by atoms with van der Waals surface area (Å²) in [4.78, 5) is 16.5. The molecular formula is C21H19F2N3O. The number of pyridine rings is 1. The van der Waals surface area contributed by atoms with E-state index in [1.165, 1.54) is 24.3 Å². The lowest BCUT2D eigenvalue weighted by Gasteiger charge is -2.09. The highest BCUT2D eigenvalue weighted by atomic mass is 19.1. The average molecular weight is 367 g/mol. The summed E-state index contributed by atoms with van der Waals surface area (Å²) < 4.78 is 25.8. The molecule has 2 aromatic carbocycles. The molecule has 0 aliphatic rings. The zero-order valence-electron chi connectivity index (χ0n) is 14.6. The third-order valence-corrected chi connectivity index (χ3v) is 4.02. The normalized spacial score (nSPS) is 10.4. The Morgan fingerprint density at radius 3 is 2.19 bits per heavy atom. The Morgan fingerprint density at radius 2 is 1.52 bits per heavy atom. The number of amides is 1. The van der Waals surface area contributed by atoms with Crippen LogP contribution in [0.3, 0.4) is 0 Å². The summed E-state index contributed by atoms with van der Waals surface area (Å²) in [6.07, 6.45) is 2.27. The molecule has 0 unspecified atom stereocenters. The minimum Gasteiger partial charge on any atom is -0.370 e. The van der Waals surface area contributed by atoms with Crippen LogP contribution in [0.4, 0.5) is 14.6 Å². The van der Waals surface area contributed by atoms with Gasteiger partial charge in [0.2, 0.25) is 0 Å². The van der Waals surface area contributed by atoms with Crippen molar-refractivity contribution >= 4 is 11.7 Å². The van der Waals surface area contributed by atoms with Gasteiger partial charge in [-0.25, -0.2) is 13.8 Å². The van der Waals surface area contributed by atoms with Crippen LogP contribution in [-0.4, -0.2) is 17.4 Å². The lowest BCUT2D eigenvalue weighted by Crippen LogP contribution is -2.23. The van der Waals surface area contributed by atoms with Crippen molar-refractivity contribution in [2.45, 2.75) is 13.0 Å². The van der Waals surface area contributed by atoms with E-state index in [2.05, 4.69) is 15.6 Å². The first kappa shape index (κ1) is 18.5. The monoisotopic (exact) mass is 367 g/mol. The van der Waals surface area contributed by atoms with Crippen LogP contribution >= 0.6 is 0 Å². The maximum Gasteiger partial charge on any atom is 0.251 e. The summed E-state index contributed by atoms with van der Waals surface area (Å²) in [6, 6.07) is 15.6. The van der Waals surface area contributed by atoms with E-state index in [0.29, 0.717) is 30.9 Å². The van der Waals surface area contributed by atoms with Gasteiger partial charge in [0.15, 0.2) is 0 Å². The third-order valence-electron chi connectivity index (χ3n) is 4.02. The number of carbonyl (C=O) groups is 1. The van der Waals surface area contributed by atoms with Gasteiger partial charge >= 0.3 is 0 Å². The number of hydrogen-bond donors (Lipinski definition) is 2. The molecular weight excluding hydrogens is 348 g/mol. The summed E-state index contributed by atoms with van der Waals surface area (Å²) in [5.74, 6) is -0.210. The first-order chi connectivity index (χ1) is 13.1. The molecule has 0 atom stereocenters. The molecule has 6 heteroatoms. The van der Waals surface area contributed by atoms with Crippen LogP contribution < -0.4 is 10.6 Å². The minimum atomic E-state index is -0.310. The van der Waals surface area contributed by atoms with Gasteiger partial charge in [0, 0.05) is 24.8 Å². The predicted octanol–water partition coefficient (Wildman–Crippen LogP) is 3.94. The molecule has 1 aromatic heterocycles. The fraction of sp³-hybridized carbons (Fsp3) is 0.143. The number of hydrogen-bond acceptors (Lipinski definition) is 3. The smallest absolute Gasteiger partial charge is 0.251 e. The fourth-order valence-electron chi connectivity index (χ4n) is 2.54. The molecule has 3 aromatic rings. The Balaban J connectivity index is 1.52. The van der Waals surface area contributed by atoms with Gasteiger partial charge in [-0.15, -0.1) is 0 Å². The summed E-state index contributed by atoms with van der Waals surface area (Å²) in [5, 5.41) is 5.95. The number of nitrogens with zero attached hydrogens (tertiary/aromatic N) is 1. The molecule has 0 aliphatic heterocycles. The molecule has 0 fully saturated rings. The molecule has 0 aliphatic carbocycles. The van der Waals surface area contributed by atoms with E-state index in [1.807, 2.05) is 0 Å². The van der Waals surface area contributed by atoms with Crippen molar-refractivity contribution in [2.24, 2.45) is 0 Å². The van der Waals surface area contributed by atoms with E-state index < -0.39 is 0 Å². The molecule has 0 spiro atoms. The van der Waals surface area contributed by atoms with Crippen molar-refractivity contribution in [3.8, 4) is 0 Å². The lowest BCUT2D eigenvalue weighted by atomic mass is 10.1. The van der Waals surface area contributed by atoms with Gasteiger partial charge in [-0.3, -0.25) is 4.79 Å². The van der Waals surface area contributed by atoms with Crippen molar-refractivity contribution in [2.75, 3.05) is 11.9 Å². The van der Waals surface area contributed by atoms with Gasteiger partial charge in [-0.2, -0.15) is 0 Å². The maximum atomic E-state index is 12.9. The van der Waals surface area contributed by atoms with Crippen LogP contribution in [0, 0.1) is 11.6 Å². The first-order valence-corrected chi connectivity index (χ1v) is 8.57. The molecule has 1 heterocycles. The molecule has 27 heavy (non-hydrogen) atoms. The van der Waals surface area contributed by atoms with Crippen LogP contribution in [0.1, 0.15) is 21.5 Å². The van der Waals surface area contributed by atoms with Crippen LogP contribution in [-0.2, 0) is 13.0 Å². The number of nitrogens with one attached hydrogen (secondary N) is 2. The number of carbonyl (C=O) groups excluding carboxylic acids is 1. The number of rotatable bonds is 7. The Labute approximate surface area is 156 Å². The molecule has 138 valence electrons. The SMILES string of the molecule is O=C(NCc1ccc(F)cc1)c1ccnc(NCCc2ccc(F)cc2)c1. The van der Waals surface area contributed by atoms with Crippen molar-refractivity contribution in [3.05, 3.63) is 95.2 Å². The second-order valence-corrected chi connectivity index (χ2v) is 6.04. The van der Waals surface area contributed by atoms with Crippen LogP contribution in [0.5, 0.6) is 0 Å². The van der Waals surface area contributed by atoms with Crippen molar-refractivity contribution in [1.29, 1.82) is 0 Å². The van der Waals surface area contributed by atoms with Gasteiger partial charge in [0.1, 0.15) is 17.5 Å². The Kier molecular flexibility index (Phi) is 6.10. The predicted molar refractivity (Wildman–Crippen MR) is 100 cm³/mol. The second-order valence-electron chi connectivity index (χ2n) is 6.04. The van der Waals surface area contributed by atoms with E-state index >= 15 is 0 Å². The quantitative estimate of drug-likeness (QED) is 0.665. The zero-order chi connectivity index (χ0) is 19.1. The zero-order valence-corrected chi connectivity index (χ0v) is 14.6. The molecule has 0 bridgehead atoms. The summed E-state index contributed by atoms with van der Waals surface area (Å²) in [5.41, 5.74) is 2.31. The highest BCUT2D eigenvalue weighted by molar-refractivity contribution is 5.94. The number of halogens is 2. The van der Waals surface area contributed by atoms with Crippen LogP contribution in [0.25, 0.3) is 0 Å². The van der Waals surface area contributed by atoms with E-state index in [4.69, 9.17) is 0 Å². The summed E-state index contributed by atoms with van der Waals surface area (Å²) in [6.45, 7) is 0.925. The van der Waals surface area contributed by atoms with E-state index in [0.717, 1.165) is 11.1 Å². The Morgan fingerprint density at radius 1 is 0.889 bits per heavy atom. The van der Waals surface area contributed by atoms with E-state index in [1.54, 1.807) is 42.6 Å². The molecule has 3 rings (SSSR count). The third kappa shape index (κ3) is 5.60. The summed E-state index contributed by atoms with van der Waals surface area (Å²) in [7, 11) is 0. The Hall–Kier alpha value is -3.28. The first-order valence-electron chi connectivity index (χ1n) is 8.57. The molecule has 4 nitrogen and oxygen atoms in total. The van der Waals surface area contributed by atoms with E-state index in [-0.39, 0.29) is 17.5 Å². The van der Waals surface area contributed by atoms with Gasteiger partial charge in [-0.1, -0.05) is 24.3 Å². The number of benzene rings is 2. The van der Waals surface area contributed by atoms with Crippen molar-refractivity contribution < 1.29 is 13.6 Å². The molecule has 0 radical (unpaired) electrons. The molecule has 0 saturated heterocycles. The number of anilines is 1. The fourth-order valence-corrected chi connectivity index (χ4v) is 2.54. The van der Waals surface area contributed by atoms with E-state index in [9.17, 15) is 13.6 Å². The Bertz CT molecular complexity index is 896. The number of aromatic nitrogens is 1. The lowest BCUT2D eigenvalue weighted by molar-refractivity contribution is 0.0951. The van der Waals surface area contributed by atoms with Crippen molar-refractivity contribution in [1.82, 2.24) is 10.3 Å². The summed E-state index contributed by atoms with van der Waals surface area (Å²) >= 11 is 0. The topological polar surface area (TPSA) is 54.0 Å². The van der Waals surface area contributed by atoms with Gasteiger partial charge in [0.25, 0.3) is 5.91 Å². The van der Waals surface area contributed by atoms with Gasteiger partial charge in [0.05, 0.1) is 0 Å². The van der Waals surface area contributed by atoms with Gasteiger partial charge in [-0.05, 0) is 53.9 Å². The van der Waals surface area contributed by atoms with Crippen LogP contribution in [0.2, 0.25) is 0 Å². The van der Waals surface area contributed by atoms with Crippen molar-refractivity contribution in [3.63, 3.8) is 0 Å². The largest absolute Gasteiger partial charge is 0.370 e. The molecule has 0 saturated carbocycles. The average Bonchev–Trinajstić information content (AvgIpc) is 2.69.